The van der Waals surface area contributed by atoms with Crippen molar-refractivity contribution in [2.24, 2.45) is 5.18 Å². The summed E-state index contributed by atoms with van der Waals surface area (Å²) in [6, 6.07) is 14.7. The van der Waals surface area contributed by atoms with E-state index in [2.05, 4.69) is 15.1 Å². The second kappa shape index (κ2) is 4.96. The van der Waals surface area contributed by atoms with Gasteiger partial charge >= 0.3 is 0 Å². The zero-order valence-electron chi connectivity index (χ0n) is 11.5. The molecule has 0 unspecified atom stereocenters. The molecule has 0 aliphatic rings. The van der Waals surface area contributed by atoms with E-state index in [4.69, 9.17) is 4.98 Å². The molecular formula is C17H10N4O. The monoisotopic (exact) mass is 286 g/mol. The quantitative estimate of drug-likeness (QED) is 0.408. The Morgan fingerprint density at radius 2 is 1.82 bits per heavy atom. The van der Waals surface area contributed by atoms with Gasteiger partial charge in [0.25, 0.3) is 0 Å². The predicted molar refractivity (Wildman–Crippen MR) is 85.7 cm³/mol. The van der Waals surface area contributed by atoms with Gasteiger partial charge in [-0.25, -0.2) is 4.98 Å². The maximum atomic E-state index is 10.7. The maximum Gasteiger partial charge on any atom is 0.108 e. The van der Waals surface area contributed by atoms with E-state index in [1.807, 2.05) is 30.3 Å². The second-order valence-corrected chi connectivity index (χ2v) is 4.90. The van der Waals surface area contributed by atoms with E-state index in [-0.39, 0.29) is 0 Å². The predicted octanol–water partition coefficient (Wildman–Crippen LogP) is 4.24. The van der Waals surface area contributed by atoms with Gasteiger partial charge in [0.15, 0.2) is 0 Å². The summed E-state index contributed by atoms with van der Waals surface area (Å²) in [6.07, 6.45) is 3.46. The van der Waals surface area contributed by atoms with Crippen molar-refractivity contribution >= 4 is 27.6 Å². The van der Waals surface area contributed by atoms with Crippen LogP contribution in [0, 0.1) is 4.91 Å². The van der Waals surface area contributed by atoms with Crippen LogP contribution in [0.25, 0.3) is 33.2 Å². The van der Waals surface area contributed by atoms with E-state index in [0.29, 0.717) is 11.4 Å². The molecule has 2 heterocycles. The second-order valence-electron chi connectivity index (χ2n) is 4.90. The molecule has 0 saturated carbocycles. The third kappa shape index (κ3) is 2.00. The van der Waals surface area contributed by atoms with Crippen LogP contribution >= 0.6 is 0 Å². The van der Waals surface area contributed by atoms with Crippen molar-refractivity contribution in [1.29, 1.82) is 0 Å². The smallest absolute Gasteiger partial charge is 0.108 e. The van der Waals surface area contributed by atoms with Gasteiger partial charge in [-0.3, -0.25) is 9.97 Å². The molecule has 0 aliphatic heterocycles. The Hall–Kier alpha value is -3.21. The summed E-state index contributed by atoms with van der Waals surface area (Å²) < 4.78 is 0. The van der Waals surface area contributed by atoms with Crippen molar-refractivity contribution in [1.82, 2.24) is 15.0 Å². The lowest BCUT2D eigenvalue weighted by Crippen LogP contribution is -1.90. The van der Waals surface area contributed by atoms with Crippen LogP contribution in [0.4, 0.5) is 5.69 Å². The molecule has 0 bridgehead atoms. The normalized spacial score (nSPS) is 10.9. The molecule has 0 N–H and O–H groups in total. The summed E-state index contributed by atoms with van der Waals surface area (Å²) in [7, 11) is 0. The van der Waals surface area contributed by atoms with Crippen molar-refractivity contribution in [3.8, 4) is 11.3 Å². The number of fused-ring (bicyclic) bond motifs is 3. The highest BCUT2D eigenvalue weighted by molar-refractivity contribution is 6.02. The molecule has 2 aromatic heterocycles. The van der Waals surface area contributed by atoms with Gasteiger partial charge in [0.2, 0.25) is 0 Å². The van der Waals surface area contributed by atoms with Gasteiger partial charge in [0.1, 0.15) is 5.69 Å². The summed E-state index contributed by atoms with van der Waals surface area (Å²) in [5, 5.41) is 3.92. The molecule has 104 valence electrons. The highest BCUT2D eigenvalue weighted by Crippen LogP contribution is 2.26. The van der Waals surface area contributed by atoms with Crippen molar-refractivity contribution in [3.63, 3.8) is 0 Å². The largest absolute Gasteiger partial charge is 0.256 e. The highest BCUT2D eigenvalue weighted by Gasteiger charge is 2.07. The number of pyridine rings is 1. The number of nitroso groups, excluding NO2 is 1. The van der Waals surface area contributed by atoms with E-state index in [1.54, 1.807) is 30.6 Å². The molecule has 4 aromatic rings. The number of nitrogens with zero attached hydrogens (tertiary/aromatic N) is 4. The zero-order chi connectivity index (χ0) is 14.9. The number of hydrogen-bond donors (Lipinski definition) is 0. The van der Waals surface area contributed by atoms with E-state index in [0.717, 1.165) is 27.5 Å². The van der Waals surface area contributed by atoms with Gasteiger partial charge < -0.3 is 0 Å². The van der Waals surface area contributed by atoms with Gasteiger partial charge in [-0.2, -0.15) is 0 Å². The molecule has 2 aromatic carbocycles. The minimum absolute atomic E-state index is 0.374. The molecule has 0 amide bonds. The first-order valence-corrected chi connectivity index (χ1v) is 6.79. The van der Waals surface area contributed by atoms with Gasteiger partial charge in [-0.15, -0.1) is 4.91 Å². The summed E-state index contributed by atoms with van der Waals surface area (Å²) >= 11 is 0. The Balaban J connectivity index is 1.99. The van der Waals surface area contributed by atoms with Gasteiger partial charge in [-0.05, 0) is 41.6 Å². The van der Waals surface area contributed by atoms with Crippen molar-refractivity contribution in [2.45, 2.75) is 0 Å². The molecule has 0 aliphatic carbocycles. The lowest BCUT2D eigenvalue weighted by molar-refractivity contribution is 1.29. The van der Waals surface area contributed by atoms with Crippen LogP contribution in [-0.2, 0) is 0 Å². The first-order valence-electron chi connectivity index (χ1n) is 6.79. The lowest BCUT2D eigenvalue weighted by atomic mass is 10.1. The highest BCUT2D eigenvalue weighted by atomic mass is 16.3. The zero-order valence-corrected chi connectivity index (χ0v) is 11.5. The fourth-order valence-electron chi connectivity index (χ4n) is 2.49. The standard InChI is InChI=1S/C17H10N4O/c22-21-12-4-1-3-11(9-12)16-10-19-15-7-6-14-13(17(15)20-16)5-2-8-18-14/h1-10H. The third-order valence-electron chi connectivity index (χ3n) is 3.54. The van der Waals surface area contributed by atoms with E-state index >= 15 is 0 Å². The molecule has 22 heavy (non-hydrogen) atoms. The first-order chi connectivity index (χ1) is 10.8. The van der Waals surface area contributed by atoms with Crippen LogP contribution in [-0.4, -0.2) is 15.0 Å². The van der Waals surface area contributed by atoms with Crippen LogP contribution in [0.2, 0.25) is 0 Å². The Bertz CT molecular complexity index is 1010. The van der Waals surface area contributed by atoms with Crippen molar-refractivity contribution < 1.29 is 0 Å². The molecule has 0 spiro atoms. The summed E-state index contributed by atoms with van der Waals surface area (Å²) in [5.41, 5.74) is 4.38. The molecular weight excluding hydrogens is 276 g/mol. The lowest BCUT2D eigenvalue weighted by Gasteiger charge is -2.05. The third-order valence-corrected chi connectivity index (χ3v) is 3.54. The van der Waals surface area contributed by atoms with Gasteiger partial charge in [0.05, 0.1) is 28.4 Å². The summed E-state index contributed by atoms with van der Waals surface area (Å²) in [5.74, 6) is 0. The van der Waals surface area contributed by atoms with E-state index in [1.165, 1.54) is 0 Å². The number of aromatic nitrogens is 3. The minimum atomic E-state index is 0.374. The SMILES string of the molecule is O=Nc1cccc(-c2cnc3ccc4ncccc4c3n2)c1. The Labute approximate surface area is 125 Å². The van der Waals surface area contributed by atoms with Crippen LogP contribution < -0.4 is 0 Å². The number of benzene rings is 2. The fraction of sp³-hybridized carbons (Fsp3) is 0. The molecule has 4 rings (SSSR count). The molecule has 0 fully saturated rings. The van der Waals surface area contributed by atoms with Gasteiger partial charge in [-0.1, -0.05) is 12.1 Å². The van der Waals surface area contributed by atoms with Crippen LogP contribution in [0.3, 0.4) is 0 Å². The van der Waals surface area contributed by atoms with Crippen LogP contribution in [0.1, 0.15) is 0 Å². The van der Waals surface area contributed by atoms with E-state index < -0.39 is 0 Å². The van der Waals surface area contributed by atoms with Crippen molar-refractivity contribution in [2.75, 3.05) is 0 Å². The number of hydrogen-bond acceptors (Lipinski definition) is 5. The Morgan fingerprint density at radius 3 is 2.73 bits per heavy atom. The molecule has 0 atom stereocenters. The van der Waals surface area contributed by atoms with Gasteiger partial charge in [0, 0.05) is 17.1 Å². The Morgan fingerprint density at radius 1 is 0.909 bits per heavy atom. The average Bonchev–Trinajstić information content (AvgIpc) is 2.61. The topological polar surface area (TPSA) is 68.1 Å². The van der Waals surface area contributed by atoms with Crippen LogP contribution in [0.5, 0.6) is 0 Å². The molecule has 5 nitrogen and oxygen atoms in total. The maximum absolute atomic E-state index is 10.7. The molecule has 0 radical (unpaired) electrons. The number of rotatable bonds is 2. The Kier molecular flexibility index (Phi) is 2.83. The molecule has 5 heteroatoms. The summed E-state index contributed by atoms with van der Waals surface area (Å²) in [6.45, 7) is 0. The average molecular weight is 286 g/mol. The first kappa shape index (κ1) is 12.5. The van der Waals surface area contributed by atoms with E-state index in [9.17, 15) is 4.91 Å². The molecule has 0 saturated heterocycles. The minimum Gasteiger partial charge on any atom is -0.256 e. The summed E-state index contributed by atoms with van der Waals surface area (Å²) in [4.78, 5) is 24.2. The fourth-order valence-corrected chi connectivity index (χ4v) is 2.49. The van der Waals surface area contributed by atoms with Crippen molar-refractivity contribution in [3.05, 3.63) is 65.8 Å². The van der Waals surface area contributed by atoms with Crippen LogP contribution in [0.15, 0.2) is 66.1 Å².